The predicted octanol–water partition coefficient (Wildman–Crippen LogP) is 3.67. The number of hydrogen-bond donors (Lipinski definition) is 2. The zero-order chi connectivity index (χ0) is 23.9. The molecule has 1 aromatic carbocycles. The Morgan fingerprint density at radius 2 is 2.06 bits per heavy atom. The largest absolute Gasteiger partial charge is 0.378 e. The van der Waals surface area contributed by atoms with Gasteiger partial charge in [0.1, 0.15) is 12.2 Å². The van der Waals surface area contributed by atoms with Crippen LogP contribution >= 0.6 is 11.3 Å². The van der Waals surface area contributed by atoms with E-state index in [1.165, 1.54) is 6.07 Å². The summed E-state index contributed by atoms with van der Waals surface area (Å²) in [6.45, 7) is 4.53. The van der Waals surface area contributed by atoms with E-state index in [1.54, 1.807) is 29.8 Å². The Morgan fingerprint density at radius 1 is 1.20 bits per heavy atom. The molecule has 5 heterocycles. The second-order valence-electron chi connectivity index (χ2n) is 8.16. The minimum Gasteiger partial charge on any atom is -0.378 e. The highest BCUT2D eigenvalue weighted by atomic mass is 32.1. The van der Waals surface area contributed by atoms with Gasteiger partial charge in [-0.2, -0.15) is 21.3 Å². The Hall–Kier alpha value is -4.10. The van der Waals surface area contributed by atoms with E-state index >= 15 is 0 Å². The van der Waals surface area contributed by atoms with Crippen LogP contribution in [0.15, 0.2) is 41.4 Å². The number of benzene rings is 1. The van der Waals surface area contributed by atoms with Crippen molar-refractivity contribution in [2.45, 2.75) is 13.0 Å². The maximum Gasteiger partial charge on any atom is 0.297 e. The van der Waals surface area contributed by atoms with Crippen molar-refractivity contribution in [3.63, 3.8) is 0 Å². The van der Waals surface area contributed by atoms with Gasteiger partial charge in [0.2, 0.25) is 5.95 Å². The minimum atomic E-state index is -0.426. The number of nitrogens with one attached hydrogen (secondary N) is 2. The summed E-state index contributed by atoms with van der Waals surface area (Å²) >= 11 is 1.60. The number of aromatic amines is 1. The monoisotopic (exact) mass is 491 g/mol. The molecule has 1 aliphatic heterocycles. The van der Waals surface area contributed by atoms with E-state index in [-0.39, 0.29) is 11.7 Å². The van der Waals surface area contributed by atoms with Crippen molar-refractivity contribution < 1.29 is 9.66 Å². The first-order valence-electron chi connectivity index (χ1n) is 11.1. The molecule has 13 heteroatoms. The van der Waals surface area contributed by atoms with Crippen LogP contribution in [0, 0.1) is 10.1 Å². The van der Waals surface area contributed by atoms with E-state index < -0.39 is 4.92 Å². The summed E-state index contributed by atoms with van der Waals surface area (Å²) in [6, 6.07) is 6.54. The molecular formula is C22H21N9O3S. The molecule has 12 nitrogen and oxygen atoms in total. The molecule has 0 spiro atoms. The maximum absolute atomic E-state index is 11.4. The zero-order valence-electron chi connectivity index (χ0n) is 18.7. The highest BCUT2D eigenvalue weighted by molar-refractivity contribution is 7.08. The summed E-state index contributed by atoms with van der Waals surface area (Å²) < 4.78 is 7.44. The number of fused-ring (bicyclic) bond motifs is 2. The number of anilines is 2. The molecule has 4 aromatic heterocycles. The Kier molecular flexibility index (Phi) is 5.26. The molecule has 35 heavy (non-hydrogen) atoms. The van der Waals surface area contributed by atoms with Crippen LogP contribution in [-0.4, -0.2) is 60.7 Å². The molecule has 5 aromatic rings. The van der Waals surface area contributed by atoms with Crippen molar-refractivity contribution in [2.24, 2.45) is 0 Å². The smallest absolute Gasteiger partial charge is 0.297 e. The molecule has 0 saturated carbocycles. The molecule has 0 radical (unpaired) electrons. The van der Waals surface area contributed by atoms with Gasteiger partial charge in [-0.1, -0.05) is 6.07 Å². The lowest BCUT2D eigenvalue weighted by Gasteiger charge is -2.27. The quantitative estimate of drug-likeness (QED) is 0.269. The van der Waals surface area contributed by atoms with Gasteiger partial charge >= 0.3 is 0 Å². The van der Waals surface area contributed by atoms with E-state index in [9.17, 15) is 10.1 Å². The topological polar surface area (TPSA) is 140 Å². The van der Waals surface area contributed by atoms with Crippen LogP contribution in [0.2, 0.25) is 0 Å². The number of nitro benzene ring substituents is 1. The highest BCUT2D eigenvalue weighted by Crippen LogP contribution is 2.30. The number of para-hydroxylation sites is 1. The molecule has 0 bridgehead atoms. The van der Waals surface area contributed by atoms with Crippen LogP contribution in [0.4, 0.5) is 17.5 Å². The minimum absolute atomic E-state index is 0.0364. The summed E-state index contributed by atoms with van der Waals surface area (Å²) in [5.74, 6) is 1.71. The predicted molar refractivity (Wildman–Crippen MR) is 132 cm³/mol. The number of non-ortho nitro benzene ring substituents is 1. The number of morpholine rings is 1. The molecule has 1 aliphatic rings. The van der Waals surface area contributed by atoms with Crippen molar-refractivity contribution >= 4 is 51.0 Å². The second kappa shape index (κ2) is 8.60. The standard InChI is InChI=1S/C22H21N9O3S/c1-13(19-25-15-3-2-4-16(31(32)33)17(15)26-19)24-20-18-21(30(12-23-18)14-5-10-35-11-14)28-22(27-20)29-6-8-34-9-7-29/h2-5,10-13H,6-9H2,1H3,(H,25,26)(H,24,27,28)/t13-/m0/s1. The fraction of sp³-hybridized carbons (Fsp3) is 0.273. The number of nitrogens with zero attached hydrogens (tertiary/aromatic N) is 7. The second-order valence-corrected chi connectivity index (χ2v) is 8.94. The first-order valence-corrected chi connectivity index (χ1v) is 12.0. The Labute approximate surface area is 202 Å². The van der Waals surface area contributed by atoms with Crippen LogP contribution < -0.4 is 10.2 Å². The van der Waals surface area contributed by atoms with E-state index in [0.717, 1.165) is 5.69 Å². The summed E-state index contributed by atoms with van der Waals surface area (Å²) in [6.07, 6.45) is 1.74. The summed E-state index contributed by atoms with van der Waals surface area (Å²) in [7, 11) is 0. The summed E-state index contributed by atoms with van der Waals surface area (Å²) in [4.78, 5) is 35.0. The average Bonchev–Trinajstić information content (AvgIpc) is 3.63. The Balaban J connectivity index is 1.41. The number of hydrogen-bond acceptors (Lipinski definition) is 10. The first kappa shape index (κ1) is 21.4. The SMILES string of the molecule is C[C@H](Nc1nc(N2CCOCC2)nc2c1ncn2-c1ccsc1)c1nc2c([N+](=O)[O-])cccc2[nH]1. The summed E-state index contributed by atoms with van der Waals surface area (Å²) in [5.41, 5.74) is 3.19. The third-order valence-corrected chi connectivity index (χ3v) is 6.60. The molecule has 1 atom stereocenters. The normalized spacial score (nSPS) is 15.1. The number of aromatic nitrogens is 6. The van der Waals surface area contributed by atoms with E-state index in [4.69, 9.17) is 14.7 Å². The van der Waals surface area contributed by atoms with Gasteiger partial charge in [0.15, 0.2) is 22.5 Å². The van der Waals surface area contributed by atoms with Crippen LogP contribution in [-0.2, 0) is 4.74 Å². The lowest BCUT2D eigenvalue weighted by molar-refractivity contribution is -0.383. The van der Waals surface area contributed by atoms with Gasteiger partial charge in [-0.25, -0.2) is 9.97 Å². The van der Waals surface area contributed by atoms with Crippen molar-refractivity contribution in [2.75, 3.05) is 36.5 Å². The van der Waals surface area contributed by atoms with Gasteiger partial charge in [-0.15, -0.1) is 0 Å². The molecule has 0 aliphatic carbocycles. The van der Waals surface area contributed by atoms with Crippen LogP contribution in [0.5, 0.6) is 0 Å². The first-order chi connectivity index (χ1) is 17.1. The Bertz CT molecular complexity index is 1520. The third kappa shape index (κ3) is 3.84. The van der Waals surface area contributed by atoms with Gasteiger partial charge in [0, 0.05) is 24.5 Å². The number of nitro groups is 1. The van der Waals surface area contributed by atoms with E-state index in [0.29, 0.717) is 66.1 Å². The number of H-pyrrole nitrogens is 1. The van der Waals surface area contributed by atoms with Gasteiger partial charge in [0.25, 0.3) is 5.69 Å². The van der Waals surface area contributed by atoms with Crippen molar-refractivity contribution in [1.29, 1.82) is 0 Å². The van der Waals surface area contributed by atoms with Gasteiger partial charge in [-0.05, 0) is 24.4 Å². The molecular weight excluding hydrogens is 470 g/mol. The van der Waals surface area contributed by atoms with Crippen molar-refractivity contribution in [3.8, 4) is 5.69 Å². The molecule has 6 rings (SSSR count). The van der Waals surface area contributed by atoms with E-state index in [1.807, 2.05) is 28.3 Å². The van der Waals surface area contributed by atoms with Crippen LogP contribution in [0.25, 0.3) is 27.9 Å². The molecule has 1 saturated heterocycles. The molecule has 0 unspecified atom stereocenters. The van der Waals surface area contributed by atoms with Crippen LogP contribution in [0.1, 0.15) is 18.8 Å². The molecule has 178 valence electrons. The Morgan fingerprint density at radius 3 is 2.83 bits per heavy atom. The lowest BCUT2D eigenvalue weighted by Crippen LogP contribution is -2.37. The number of imidazole rings is 2. The average molecular weight is 492 g/mol. The van der Waals surface area contributed by atoms with Gasteiger partial charge in [-0.3, -0.25) is 14.7 Å². The number of ether oxygens (including phenoxy) is 1. The van der Waals surface area contributed by atoms with E-state index in [2.05, 4.69) is 25.2 Å². The zero-order valence-corrected chi connectivity index (χ0v) is 19.5. The lowest BCUT2D eigenvalue weighted by atomic mass is 10.3. The molecule has 2 N–H and O–H groups in total. The van der Waals surface area contributed by atoms with Crippen molar-refractivity contribution in [1.82, 2.24) is 29.5 Å². The third-order valence-electron chi connectivity index (χ3n) is 5.93. The number of rotatable bonds is 6. The molecule has 1 fully saturated rings. The molecule has 0 amide bonds. The fourth-order valence-corrected chi connectivity index (χ4v) is 4.77. The van der Waals surface area contributed by atoms with Crippen LogP contribution in [0.3, 0.4) is 0 Å². The fourth-order valence-electron chi connectivity index (χ4n) is 4.14. The maximum atomic E-state index is 11.4. The van der Waals surface area contributed by atoms with Gasteiger partial charge in [0.05, 0.1) is 35.4 Å². The van der Waals surface area contributed by atoms with Crippen molar-refractivity contribution in [3.05, 3.63) is 57.3 Å². The summed E-state index contributed by atoms with van der Waals surface area (Å²) in [5, 5.41) is 18.9. The van der Waals surface area contributed by atoms with Gasteiger partial charge < -0.3 is 19.9 Å². The number of thiophene rings is 1. The highest BCUT2D eigenvalue weighted by Gasteiger charge is 2.23.